The van der Waals surface area contributed by atoms with E-state index in [0.29, 0.717) is 12.2 Å². The van der Waals surface area contributed by atoms with Crippen molar-refractivity contribution in [1.82, 2.24) is 10.2 Å². The number of amides is 1. The van der Waals surface area contributed by atoms with Crippen molar-refractivity contribution in [2.75, 3.05) is 30.7 Å². The normalized spacial score (nSPS) is 14.7. The molecule has 1 amide bonds. The zero-order valence-corrected chi connectivity index (χ0v) is 18.3. The molecule has 1 aliphatic rings. The molecule has 1 aliphatic heterocycles. The minimum Gasteiger partial charge on any atom is -0.348 e. The van der Waals surface area contributed by atoms with Gasteiger partial charge in [0.05, 0.1) is 22.5 Å². The third kappa shape index (κ3) is 5.72. The Labute approximate surface area is 177 Å². The van der Waals surface area contributed by atoms with E-state index in [1.807, 2.05) is 12.1 Å². The molecule has 0 aliphatic carbocycles. The Hall–Kier alpha value is -2.09. The molecule has 0 aromatic heterocycles. The van der Waals surface area contributed by atoms with Gasteiger partial charge in [0.1, 0.15) is 0 Å². The van der Waals surface area contributed by atoms with Crippen LogP contribution in [0.15, 0.2) is 42.5 Å². The molecule has 0 bridgehead atoms. The molecule has 8 heteroatoms. The fourth-order valence-corrected chi connectivity index (χ4v) is 4.01. The van der Waals surface area contributed by atoms with Gasteiger partial charge in [-0.2, -0.15) is 0 Å². The van der Waals surface area contributed by atoms with E-state index >= 15 is 0 Å². The van der Waals surface area contributed by atoms with Gasteiger partial charge < -0.3 is 5.32 Å². The number of hydrogen-bond donors (Lipinski definition) is 1. The van der Waals surface area contributed by atoms with Crippen molar-refractivity contribution in [2.45, 2.75) is 25.9 Å². The van der Waals surface area contributed by atoms with E-state index in [2.05, 4.69) is 22.3 Å². The first kappa shape index (κ1) is 21.6. The highest BCUT2D eigenvalue weighted by molar-refractivity contribution is 7.92. The minimum atomic E-state index is -3.42. The number of rotatable bonds is 7. The third-order valence-corrected chi connectivity index (χ3v) is 6.67. The molecule has 29 heavy (non-hydrogen) atoms. The predicted molar refractivity (Wildman–Crippen MR) is 117 cm³/mol. The second-order valence-electron chi connectivity index (χ2n) is 7.38. The number of sulfonamides is 1. The largest absolute Gasteiger partial charge is 0.348 e. The minimum absolute atomic E-state index is 0.241. The summed E-state index contributed by atoms with van der Waals surface area (Å²) in [6, 6.07) is 12.8. The SMILES string of the molecule is CN(c1ccc(Cl)c(C(=O)NCc2ccc(CN3CCCC3)cc2)c1)S(C)(=O)=O. The second kappa shape index (κ2) is 9.15. The van der Waals surface area contributed by atoms with E-state index in [0.717, 1.165) is 35.8 Å². The van der Waals surface area contributed by atoms with Crippen LogP contribution in [-0.2, 0) is 23.1 Å². The molecule has 2 aromatic carbocycles. The first-order chi connectivity index (χ1) is 13.7. The molecule has 1 N–H and O–H groups in total. The number of hydrogen-bond acceptors (Lipinski definition) is 4. The summed E-state index contributed by atoms with van der Waals surface area (Å²) in [4.78, 5) is 15.0. The number of likely N-dealkylation sites (tertiary alicyclic amines) is 1. The summed E-state index contributed by atoms with van der Waals surface area (Å²) in [7, 11) is -1.99. The Morgan fingerprint density at radius 3 is 2.34 bits per heavy atom. The summed E-state index contributed by atoms with van der Waals surface area (Å²) in [6.45, 7) is 3.65. The smallest absolute Gasteiger partial charge is 0.253 e. The van der Waals surface area contributed by atoms with Crippen LogP contribution in [0.25, 0.3) is 0 Å². The maximum absolute atomic E-state index is 12.6. The number of halogens is 1. The molecule has 0 unspecified atom stereocenters. The van der Waals surface area contributed by atoms with Gasteiger partial charge in [0.2, 0.25) is 10.0 Å². The van der Waals surface area contributed by atoms with Gasteiger partial charge in [-0.3, -0.25) is 14.0 Å². The summed E-state index contributed by atoms with van der Waals surface area (Å²) >= 11 is 6.16. The lowest BCUT2D eigenvalue weighted by Crippen LogP contribution is -2.26. The molecular weight excluding hydrogens is 410 g/mol. The first-order valence-corrected chi connectivity index (χ1v) is 11.8. The standard InChI is InChI=1S/C21H26ClN3O3S/c1-24(29(2,27)28)18-9-10-20(22)19(13-18)21(26)23-14-16-5-7-17(8-6-16)15-25-11-3-4-12-25/h5-10,13H,3-4,11-12,14-15H2,1-2H3,(H,23,26). The van der Waals surface area contributed by atoms with Crippen LogP contribution in [0, 0.1) is 0 Å². The fourth-order valence-electron chi connectivity index (χ4n) is 3.31. The van der Waals surface area contributed by atoms with Crippen molar-refractivity contribution < 1.29 is 13.2 Å². The molecule has 2 aromatic rings. The maximum atomic E-state index is 12.6. The van der Waals surface area contributed by atoms with E-state index in [9.17, 15) is 13.2 Å². The number of nitrogens with one attached hydrogen (secondary N) is 1. The molecule has 0 radical (unpaired) electrons. The lowest BCUT2D eigenvalue weighted by molar-refractivity contribution is 0.0951. The van der Waals surface area contributed by atoms with Gasteiger partial charge in [0, 0.05) is 20.1 Å². The molecule has 1 saturated heterocycles. The van der Waals surface area contributed by atoms with Crippen LogP contribution in [0.2, 0.25) is 5.02 Å². The summed E-state index contributed by atoms with van der Waals surface area (Å²) in [6.07, 6.45) is 3.65. The Kier molecular flexibility index (Phi) is 6.82. The Bertz CT molecular complexity index is 971. The van der Waals surface area contributed by atoms with E-state index in [1.165, 1.54) is 37.6 Å². The monoisotopic (exact) mass is 435 g/mol. The third-order valence-electron chi connectivity index (χ3n) is 5.14. The molecule has 1 heterocycles. The molecule has 6 nitrogen and oxygen atoms in total. The van der Waals surface area contributed by atoms with Crippen LogP contribution in [0.4, 0.5) is 5.69 Å². The van der Waals surface area contributed by atoms with Crippen LogP contribution in [0.5, 0.6) is 0 Å². The molecule has 3 rings (SSSR count). The molecule has 0 saturated carbocycles. The quantitative estimate of drug-likeness (QED) is 0.724. The highest BCUT2D eigenvalue weighted by atomic mass is 35.5. The van der Waals surface area contributed by atoms with Gasteiger partial charge in [0.15, 0.2) is 0 Å². The summed E-state index contributed by atoms with van der Waals surface area (Å²) in [5, 5.41) is 3.12. The van der Waals surface area contributed by atoms with Gasteiger partial charge in [0.25, 0.3) is 5.91 Å². The topological polar surface area (TPSA) is 69.7 Å². The Morgan fingerprint density at radius 1 is 1.10 bits per heavy atom. The number of anilines is 1. The van der Waals surface area contributed by atoms with Crippen molar-refractivity contribution in [2.24, 2.45) is 0 Å². The molecular formula is C21H26ClN3O3S. The Morgan fingerprint density at radius 2 is 1.72 bits per heavy atom. The van der Waals surface area contributed by atoms with Crippen LogP contribution in [0.1, 0.15) is 34.3 Å². The highest BCUT2D eigenvalue weighted by Crippen LogP contribution is 2.24. The fraction of sp³-hybridized carbons (Fsp3) is 0.381. The van der Waals surface area contributed by atoms with Crippen molar-refractivity contribution in [3.05, 3.63) is 64.2 Å². The van der Waals surface area contributed by atoms with Crippen molar-refractivity contribution >= 4 is 33.2 Å². The van der Waals surface area contributed by atoms with E-state index < -0.39 is 10.0 Å². The summed E-state index contributed by atoms with van der Waals surface area (Å²) < 4.78 is 24.6. The maximum Gasteiger partial charge on any atom is 0.253 e. The van der Waals surface area contributed by atoms with Crippen LogP contribution >= 0.6 is 11.6 Å². The summed E-state index contributed by atoms with van der Waals surface area (Å²) in [5.74, 6) is -0.347. The number of benzene rings is 2. The zero-order valence-electron chi connectivity index (χ0n) is 16.7. The lowest BCUT2D eigenvalue weighted by Gasteiger charge is -2.18. The first-order valence-electron chi connectivity index (χ1n) is 9.56. The van der Waals surface area contributed by atoms with Crippen molar-refractivity contribution in [3.8, 4) is 0 Å². The van der Waals surface area contributed by atoms with Gasteiger partial charge in [-0.1, -0.05) is 35.9 Å². The van der Waals surface area contributed by atoms with Gasteiger partial charge in [-0.25, -0.2) is 8.42 Å². The average molecular weight is 436 g/mol. The number of carbonyl (C=O) groups excluding carboxylic acids is 1. The lowest BCUT2D eigenvalue weighted by atomic mass is 10.1. The summed E-state index contributed by atoms with van der Waals surface area (Å²) in [5.41, 5.74) is 2.88. The molecule has 1 fully saturated rings. The van der Waals surface area contributed by atoms with Gasteiger partial charge in [-0.05, 0) is 55.3 Å². The van der Waals surface area contributed by atoms with Crippen LogP contribution in [-0.4, -0.2) is 45.6 Å². The highest BCUT2D eigenvalue weighted by Gasteiger charge is 2.17. The Balaban J connectivity index is 1.63. The van der Waals surface area contributed by atoms with E-state index in [-0.39, 0.29) is 16.5 Å². The molecule has 0 atom stereocenters. The molecule has 0 spiro atoms. The zero-order chi connectivity index (χ0) is 21.0. The van der Waals surface area contributed by atoms with Crippen LogP contribution in [0.3, 0.4) is 0 Å². The second-order valence-corrected chi connectivity index (χ2v) is 9.80. The van der Waals surface area contributed by atoms with E-state index in [4.69, 9.17) is 11.6 Å². The van der Waals surface area contributed by atoms with Crippen LogP contribution < -0.4 is 9.62 Å². The average Bonchev–Trinajstić information content (AvgIpc) is 3.19. The number of carbonyl (C=O) groups is 1. The predicted octanol–water partition coefficient (Wildman–Crippen LogP) is 3.26. The number of nitrogens with zero attached hydrogens (tertiary/aromatic N) is 2. The molecule has 156 valence electrons. The van der Waals surface area contributed by atoms with Crippen molar-refractivity contribution in [3.63, 3.8) is 0 Å². The van der Waals surface area contributed by atoms with Gasteiger partial charge in [-0.15, -0.1) is 0 Å². The van der Waals surface area contributed by atoms with Gasteiger partial charge >= 0.3 is 0 Å². The van der Waals surface area contributed by atoms with Crippen molar-refractivity contribution in [1.29, 1.82) is 0 Å². The van der Waals surface area contributed by atoms with E-state index in [1.54, 1.807) is 6.07 Å².